The highest BCUT2D eigenvalue weighted by atomic mass is 32.1. The number of aryl methyl sites for hydroxylation is 2. The fraction of sp³-hybridized carbons (Fsp3) is 0.438. The second kappa shape index (κ2) is 6.44. The topological polar surface area (TPSA) is 55.3 Å². The van der Waals surface area contributed by atoms with Crippen molar-refractivity contribution in [3.8, 4) is 6.01 Å². The summed E-state index contributed by atoms with van der Waals surface area (Å²) in [6.07, 6.45) is 1.82. The van der Waals surface area contributed by atoms with Crippen LogP contribution < -0.4 is 4.74 Å². The highest BCUT2D eigenvalue weighted by Crippen LogP contribution is 2.19. The van der Waals surface area contributed by atoms with Crippen LogP contribution in [0.5, 0.6) is 6.01 Å². The Morgan fingerprint density at radius 2 is 2.14 bits per heavy atom. The first-order chi connectivity index (χ1) is 10.6. The van der Waals surface area contributed by atoms with E-state index in [1.54, 1.807) is 0 Å². The minimum atomic E-state index is -0.0427. The molecule has 5 nitrogen and oxygen atoms in total. The number of carbonyl (C=O) groups is 1. The van der Waals surface area contributed by atoms with Crippen molar-refractivity contribution < 1.29 is 9.53 Å². The van der Waals surface area contributed by atoms with Crippen LogP contribution in [0.2, 0.25) is 0 Å². The zero-order valence-corrected chi connectivity index (χ0v) is 13.6. The van der Waals surface area contributed by atoms with Gasteiger partial charge in [-0.1, -0.05) is 6.07 Å². The van der Waals surface area contributed by atoms with Gasteiger partial charge in [-0.2, -0.15) is 0 Å². The lowest BCUT2D eigenvalue weighted by atomic mass is 10.1. The van der Waals surface area contributed by atoms with E-state index in [9.17, 15) is 4.79 Å². The molecular weight excluding hydrogens is 298 g/mol. The third-order valence-electron chi connectivity index (χ3n) is 3.63. The summed E-state index contributed by atoms with van der Waals surface area (Å²) in [6.45, 7) is 5.22. The van der Waals surface area contributed by atoms with E-state index < -0.39 is 0 Å². The second-order valence-electron chi connectivity index (χ2n) is 5.54. The van der Waals surface area contributed by atoms with Gasteiger partial charge < -0.3 is 9.64 Å². The molecular formula is C16H19N3O2S. The molecule has 2 aromatic rings. The molecule has 1 aliphatic heterocycles. The number of piperidine rings is 1. The molecule has 0 saturated carbocycles. The zero-order chi connectivity index (χ0) is 15.5. The van der Waals surface area contributed by atoms with Crippen LogP contribution >= 0.6 is 11.3 Å². The number of aromatic nitrogens is 2. The van der Waals surface area contributed by atoms with Crippen LogP contribution in [0.25, 0.3) is 0 Å². The molecule has 3 heterocycles. The largest absolute Gasteiger partial charge is 0.458 e. The minimum absolute atomic E-state index is 0.0427. The van der Waals surface area contributed by atoms with Crippen molar-refractivity contribution in [1.29, 1.82) is 0 Å². The van der Waals surface area contributed by atoms with Crippen LogP contribution in [0.4, 0.5) is 0 Å². The Morgan fingerprint density at radius 3 is 2.82 bits per heavy atom. The predicted molar refractivity (Wildman–Crippen MR) is 85.4 cm³/mol. The molecule has 1 aliphatic rings. The molecule has 0 aromatic carbocycles. The Balaban J connectivity index is 1.66. The number of hydrogen-bond acceptors (Lipinski definition) is 5. The average Bonchev–Trinajstić information content (AvgIpc) is 3.00. The maximum atomic E-state index is 12.4. The van der Waals surface area contributed by atoms with Gasteiger partial charge in [0, 0.05) is 17.9 Å². The van der Waals surface area contributed by atoms with Crippen molar-refractivity contribution in [2.24, 2.45) is 0 Å². The standard InChI is InChI=1S/C16H19N3O2S/c1-11-9-12(2)18-16(17-11)21-13-5-3-7-19(10-13)15(20)14-6-4-8-22-14/h4,6,8-9,13H,3,5,7,10H2,1-2H3. The molecule has 1 saturated heterocycles. The minimum Gasteiger partial charge on any atom is -0.458 e. The van der Waals surface area contributed by atoms with E-state index in [0.717, 1.165) is 35.7 Å². The highest BCUT2D eigenvalue weighted by molar-refractivity contribution is 7.12. The van der Waals surface area contributed by atoms with Crippen LogP contribution in [-0.4, -0.2) is 40.0 Å². The van der Waals surface area contributed by atoms with Gasteiger partial charge in [0.15, 0.2) is 0 Å². The van der Waals surface area contributed by atoms with Crippen LogP contribution in [0.15, 0.2) is 23.6 Å². The van der Waals surface area contributed by atoms with Gasteiger partial charge in [0.1, 0.15) is 6.10 Å². The van der Waals surface area contributed by atoms with Gasteiger partial charge in [-0.3, -0.25) is 4.79 Å². The van der Waals surface area contributed by atoms with Gasteiger partial charge in [-0.25, -0.2) is 9.97 Å². The lowest BCUT2D eigenvalue weighted by molar-refractivity contribution is 0.0519. The third kappa shape index (κ3) is 3.44. The van der Waals surface area contributed by atoms with E-state index in [-0.39, 0.29) is 12.0 Å². The molecule has 0 N–H and O–H groups in total. The van der Waals surface area contributed by atoms with Gasteiger partial charge >= 0.3 is 6.01 Å². The van der Waals surface area contributed by atoms with Gasteiger partial charge in [0.05, 0.1) is 11.4 Å². The van der Waals surface area contributed by atoms with E-state index >= 15 is 0 Å². The highest BCUT2D eigenvalue weighted by Gasteiger charge is 2.26. The number of amides is 1. The summed E-state index contributed by atoms with van der Waals surface area (Å²) in [6, 6.07) is 6.09. The van der Waals surface area contributed by atoms with Crippen LogP contribution in [0.1, 0.15) is 33.9 Å². The monoisotopic (exact) mass is 317 g/mol. The van der Waals surface area contributed by atoms with Gasteiger partial charge in [-0.05, 0) is 44.2 Å². The number of rotatable bonds is 3. The first-order valence-corrected chi connectivity index (χ1v) is 8.31. The normalized spacial score (nSPS) is 18.3. The van der Waals surface area contributed by atoms with Crippen molar-refractivity contribution in [3.63, 3.8) is 0 Å². The van der Waals surface area contributed by atoms with E-state index in [4.69, 9.17) is 4.74 Å². The molecule has 2 aromatic heterocycles. The molecule has 6 heteroatoms. The first-order valence-electron chi connectivity index (χ1n) is 7.43. The first kappa shape index (κ1) is 15.0. The van der Waals surface area contributed by atoms with E-state index in [2.05, 4.69) is 9.97 Å². The molecule has 3 rings (SSSR count). The smallest absolute Gasteiger partial charge is 0.317 e. The van der Waals surface area contributed by atoms with E-state index in [0.29, 0.717) is 12.6 Å². The summed E-state index contributed by atoms with van der Waals surface area (Å²) < 4.78 is 5.90. The van der Waals surface area contributed by atoms with Crippen molar-refractivity contribution in [1.82, 2.24) is 14.9 Å². The molecule has 1 fully saturated rings. The summed E-state index contributed by atoms with van der Waals surface area (Å²) in [7, 11) is 0. The fourth-order valence-corrected chi connectivity index (χ4v) is 3.36. The Kier molecular flexibility index (Phi) is 4.38. The average molecular weight is 317 g/mol. The van der Waals surface area contributed by atoms with E-state index in [1.807, 2.05) is 42.3 Å². The number of ether oxygens (including phenoxy) is 1. The lowest BCUT2D eigenvalue weighted by Gasteiger charge is -2.32. The number of carbonyl (C=O) groups excluding carboxylic acids is 1. The molecule has 116 valence electrons. The van der Waals surface area contributed by atoms with Crippen LogP contribution in [0, 0.1) is 13.8 Å². The SMILES string of the molecule is Cc1cc(C)nc(OC2CCCN(C(=O)c3cccs3)C2)n1. The Labute approximate surface area is 134 Å². The molecule has 0 bridgehead atoms. The summed E-state index contributed by atoms with van der Waals surface area (Å²) in [4.78, 5) is 23.7. The summed E-state index contributed by atoms with van der Waals surface area (Å²) in [5, 5.41) is 1.93. The van der Waals surface area contributed by atoms with Gasteiger partial charge in [0.25, 0.3) is 5.91 Å². The summed E-state index contributed by atoms with van der Waals surface area (Å²) in [5.41, 5.74) is 1.79. The maximum Gasteiger partial charge on any atom is 0.317 e. The summed E-state index contributed by atoms with van der Waals surface area (Å²) in [5.74, 6) is 0.0876. The Morgan fingerprint density at radius 1 is 1.36 bits per heavy atom. The molecule has 0 radical (unpaired) electrons. The lowest BCUT2D eigenvalue weighted by Crippen LogP contribution is -2.44. The van der Waals surface area contributed by atoms with Crippen molar-refractivity contribution in [2.75, 3.05) is 13.1 Å². The van der Waals surface area contributed by atoms with Crippen LogP contribution in [0.3, 0.4) is 0 Å². The molecule has 1 atom stereocenters. The molecule has 0 spiro atoms. The van der Waals surface area contributed by atoms with Crippen molar-refractivity contribution in [2.45, 2.75) is 32.8 Å². The predicted octanol–water partition coefficient (Wildman–Crippen LogP) is 2.84. The zero-order valence-electron chi connectivity index (χ0n) is 12.8. The summed E-state index contributed by atoms with van der Waals surface area (Å²) >= 11 is 1.48. The Hall–Kier alpha value is -1.95. The number of thiophene rings is 1. The molecule has 22 heavy (non-hydrogen) atoms. The van der Waals surface area contributed by atoms with Gasteiger partial charge in [-0.15, -0.1) is 11.3 Å². The number of hydrogen-bond donors (Lipinski definition) is 0. The molecule has 1 unspecified atom stereocenters. The molecule has 0 aliphatic carbocycles. The third-order valence-corrected chi connectivity index (χ3v) is 4.49. The quantitative estimate of drug-likeness (QED) is 0.873. The second-order valence-corrected chi connectivity index (χ2v) is 6.49. The Bertz CT molecular complexity index is 637. The fourth-order valence-electron chi connectivity index (χ4n) is 2.67. The number of likely N-dealkylation sites (tertiary alicyclic amines) is 1. The number of nitrogens with zero attached hydrogens (tertiary/aromatic N) is 3. The maximum absolute atomic E-state index is 12.4. The van der Waals surface area contributed by atoms with E-state index in [1.165, 1.54) is 11.3 Å². The van der Waals surface area contributed by atoms with Crippen molar-refractivity contribution >= 4 is 17.2 Å². The van der Waals surface area contributed by atoms with Gasteiger partial charge in [0.2, 0.25) is 0 Å². The van der Waals surface area contributed by atoms with Crippen molar-refractivity contribution in [3.05, 3.63) is 39.8 Å². The van der Waals surface area contributed by atoms with Crippen LogP contribution in [-0.2, 0) is 0 Å². The molecule has 1 amide bonds.